The van der Waals surface area contributed by atoms with Crippen LogP contribution in [0.2, 0.25) is 0 Å². The van der Waals surface area contributed by atoms with Crippen LogP contribution in [0.1, 0.15) is 11.1 Å². The van der Waals surface area contributed by atoms with Gasteiger partial charge in [0.2, 0.25) is 0 Å². The highest BCUT2D eigenvalue weighted by Gasteiger charge is 2.39. The number of aryl methyl sites for hydroxylation is 1. The summed E-state index contributed by atoms with van der Waals surface area (Å²) in [7, 11) is 1.53. The second-order valence-electron chi connectivity index (χ2n) is 4.27. The molecule has 21 heavy (non-hydrogen) atoms. The van der Waals surface area contributed by atoms with Gasteiger partial charge in [-0.3, -0.25) is 0 Å². The van der Waals surface area contributed by atoms with Crippen molar-refractivity contribution in [2.24, 2.45) is 7.05 Å². The van der Waals surface area contributed by atoms with Crippen LogP contribution in [-0.2, 0) is 19.4 Å². The van der Waals surface area contributed by atoms with Gasteiger partial charge in [0, 0.05) is 19.3 Å². The van der Waals surface area contributed by atoms with Crippen LogP contribution in [0.4, 0.5) is 26.3 Å². The van der Waals surface area contributed by atoms with Gasteiger partial charge in [-0.25, -0.2) is 0 Å². The zero-order chi connectivity index (χ0) is 15.8. The number of hydrogen-bond acceptors (Lipinski definition) is 1. The van der Waals surface area contributed by atoms with Crippen molar-refractivity contribution in [1.82, 2.24) is 4.57 Å². The van der Waals surface area contributed by atoms with E-state index in [1.54, 1.807) is 0 Å². The molecule has 0 aliphatic rings. The number of alkyl halides is 6. The van der Waals surface area contributed by atoms with Crippen molar-refractivity contribution in [2.45, 2.75) is 12.4 Å². The second-order valence-corrected chi connectivity index (χ2v) is 4.27. The number of nitrogens with zero attached hydrogens (tertiary/aromatic N) is 1. The minimum absolute atomic E-state index is 0.0400. The van der Waals surface area contributed by atoms with E-state index in [4.69, 9.17) is 4.74 Å². The Morgan fingerprint density at radius 2 is 1.62 bits per heavy atom. The van der Waals surface area contributed by atoms with Crippen LogP contribution >= 0.6 is 0 Å². The van der Waals surface area contributed by atoms with Gasteiger partial charge in [-0.2, -0.15) is 26.3 Å². The van der Waals surface area contributed by atoms with Crippen LogP contribution in [0.25, 0.3) is 0 Å². The van der Waals surface area contributed by atoms with Crippen molar-refractivity contribution in [3.05, 3.63) is 47.7 Å². The molecule has 2 aromatic rings. The van der Waals surface area contributed by atoms with Gasteiger partial charge in [0.05, 0.1) is 11.1 Å². The van der Waals surface area contributed by atoms with Crippen molar-refractivity contribution in [1.29, 1.82) is 0 Å². The lowest BCUT2D eigenvalue weighted by atomic mass is 10.1. The maximum Gasteiger partial charge on any atom is 0.420 e. The SMILES string of the molecule is Cn1cccc1Oc1ccc(C(F)(F)F)cc1C(F)(F)F. The van der Waals surface area contributed by atoms with Crippen molar-refractivity contribution in [3.8, 4) is 11.6 Å². The smallest absolute Gasteiger partial charge is 0.420 e. The van der Waals surface area contributed by atoms with Crippen molar-refractivity contribution in [3.63, 3.8) is 0 Å². The first-order valence-electron chi connectivity index (χ1n) is 5.66. The van der Waals surface area contributed by atoms with Gasteiger partial charge in [0.15, 0.2) is 5.88 Å². The Labute approximate surface area is 115 Å². The quantitative estimate of drug-likeness (QED) is 0.723. The summed E-state index contributed by atoms with van der Waals surface area (Å²) in [4.78, 5) is 0. The summed E-state index contributed by atoms with van der Waals surface area (Å²) < 4.78 is 82.7. The molecule has 1 heterocycles. The summed E-state index contributed by atoms with van der Waals surface area (Å²) in [5.74, 6) is -0.599. The Morgan fingerprint density at radius 3 is 2.10 bits per heavy atom. The molecule has 0 bridgehead atoms. The van der Waals surface area contributed by atoms with Gasteiger partial charge < -0.3 is 9.30 Å². The summed E-state index contributed by atoms with van der Waals surface area (Å²) in [6, 6.07) is 4.19. The molecule has 0 radical (unpaired) electrons. The summed E-state index contributed by atoms with van der Waals surface area (Å²) in [6.45, 7) is 0. The van der Waals surface area contributed by atoms with E-state index in [0.717, 1.165) is 0 Å². The lowest BCUT2D eigenvalue weighted by molar-refractivity contribution is -0.143. The summed E-state index contributed by atoms with van der Waals surface area (Å²) in [5.41, 5.74) is -2.85. The van der Waals surface area contributed by atoms with E-state index >= 15 is 0 Å². The molecule has 0 unspecified atom stereocenters. The van der Waals surface area contributed by atoms with E-state index < -0.39 is 29.2 Å². The molecule has 1 aromatic heterocycles. The fourth-order valence-corrected chi connectivity index (χ4v) is 1.68. The van der Waals surface area contributed by atoms with E-state index in [1.165, 1.54) is 29.9 Å². The highest BCUT2D eigenvalue weighted by molar-refractivity contribution is 5.42. The number of hydrogen-bond donors (Lipinski definition) is 0. The largest absolute Gasteiger partial charge is 0.440 e. The normalized spacial score (nSPS) is 12.5. The topological polar surface area (TPSA) is 14.2 Å². The molecule has 0 aliphatic heterocycles. The predicted molar refractivity (Wildman–Crippen MR) is 61.9 cm³/mol. The van der Waals surface area contributed by atoms with Crippen molar-refractivity contribution < 1.29 is 31.1 Å². The average Bonchev–Trinajstić information content (AvgIpc) is 2.73. The number of aromatic nitrogens is 1. The fourth-order valence-electron chi connectivity index (χ4n) is 1.68. The molecule has 2 nitrogen and oxygen atoms in total. The summed E-state index contributed by atoms with van der Waals surface area (Å²) in [6.07, 6.45) is -8.28. The highest BCUT2D eigenvalue weighted by Crippen LogP contribution is 2.41. The van der Waals surface area contributed by atoms with Crippen LogP contribution in [0.15, 0.2) is 36.5 Å². The maximum absolute atomic E-state index is 12.9. The first kappa shape index (κ1) is 15.3. The van der Waals surface area contributed by atoms with Crippen molar-refractivity contribution in [2.75, 3.05) is 0 Å². The minimum atomic E-state index is -4.96. The monoisotopic (exact) mass is 309 g/mol. The first-order chi connectivity index (χ1) is 9.59. The van der Waals surface area contributed by atoms with Gasteiger partial charge >= 0.3 is 12.4 Å². The molecule has 0 saturated heterocycles. The Morgan fingerprint density at radius 1 is 0.952 bits per heavy atom. The molecular formula is C13H9F6NO. The van der Waals surface area contributed by atoms with Crippen LogP contribution in [-0.4, -0.2) is 4.57 Å². The molecule has 0 atom stereocenters. The number of halogens is 6. The third-order valence-electron chi connectivity index (χ3n) is 2.72. The van der Waals surface area contributed by atoms with Gasteiger partial charge in [-0.05, 0) is 24.3 Å². The highest BCUT2D eigenvalue weighted by atomic mass is 19.4. The zero-order valence-electron chi connectivity index (χ0n) is 10.6. The Bertz CT molecular complexity index is 641. The predicted octanol–water partition coefficient (Wildman–Crippen LogP) is 4.86. The van der Waals surface area contributed by atoms with Crippen molar-refractivity contribution >= 4 is 0 Å². The third kappa shape index (κ3) is 3.32. The molecule has 0 amide bonds. The van der Waals surface area contributed by atoms with Crippen LogP contribution in [0.3, 0.4) is 0 Å². The standard InChI is InChI=1S/C13H9F6NO/c1-20-6-2-3-11(20)21-10-5-4-8(12(14,15)16)7-9(10)13(17,18)19/h2-7H,1H3. The van der Waals surface area contributed by atoms with E-state index in [9.17, 15) is 26.3 Å². The maximum atomic E-state index is 12.9. The molecule has 1 aromatic carbocycles. The lowest BCUT2D eigenvalue weighted by Gasteiger charge is -2.16. The lowest BCUT2D eigenvalue weighted by Crippen LogP contribution is -2.12. The number of rotatable bonds is 2. The average molecular weight is 309 g/mol. The molecule has 2 rings (SSSR count). The third-order valence-corrected chi connectivity index (χ3v) is 2.72. The van der Waals surface area contributed by atoms with Gasteiger partial charge in [0.25, 0.3) is 0 Å². The second kappa shape index (κ2) is 5.01. The molecule has 0 saturated carbocycles. The molecular weight excluding hydrogens is 300 g/mol. The van der Waals surface area contributed by atoms with Gasteiger partial charge in [-0.1, -0.05) is 0 Å². The van der Waals surface area contributed by atoms with Crippen LogP contribution in [0, 0.1) is 0 Å². The fraction of sp³-hybridized carbons (Fsp3) is 0.231. The molecule has 114 valence electrons. The van der Waals surface area contributed by atoms with E-state index in [0.29, 0.717) is 12.1 Å². The van der Waals surface area contributed by atoms with E-state index in [-0.39, 0.29) is 11.9 Å². The summed E-state index contributed by atoms with van der Waals surface area (Å²) in [5, 5.41) is 0. The zero-order valence-corrected chi connectivity index (χ0v) is 10.6. The Kier molecular flexibility index (Phi) is 3.65. The number of benzene rings is 1. The Hall–Kier alpha value is -2.12. The van der Waals surface area contributed by atoms with Gasteiger partial charge in [0.1, 0.15) is 5.75 Å². The van der Waals surface area contributed by atoms with E-state index in [1.807, 2.05) is 0 Å². The Balaban J connectivity index is 2.48. The first-order valence-corrected chi connectivity index (χ1v) is 5.66. The van der Waals surface area contributed by atoms with Crippen LogP contribution in [0.5, 0.6) is 11.6 Å². The van der Waals surface area contributed by atoms with Gasteiger partial charge in [-0.15, -0.1) is 0 Å². The van der Waals surface area contributed by atoms with Crippen LogP contribution < -0.4 is 4.74 Å². The molecule has 0 N–H and O–H groups in total. The molecule has 0 spiro atoms. The summed E-state index contributed by atoms with van der Waals surface area (Å²) >= 11 is 0. The minimum Gasteiger partial charge on any atom is -0.440 e. The molecule has 8 heteroatoms. The number of ether oxygens (including phenoxy) is 1. The molecule has 0 aliphatic carbocycles. The van der Waals surface area contributed by atoms with E-state index in [2.05, 4.69) is 0 Å². The molecule has 0 fully saturated rings.